The van der Waals surface area contributed by atoms with Crippen molar-refractivity contribution in [3.05, 3.63) is 18.0 Å². The highest BCUT2D eigenvalue weighted by Gasteiger charge is 2.19. The molecule has 0 amide bonds. The van der Waals surface area contributed by atoms with Crippen molar-refractivity contribution >= 4 is 12.9 Å². The van der Waals surface area contributed by atoms with Crippen LogP contribution in [0.4, 0.5) is 0 Å². The second kappa shape index (κ2) is 2.23. The van der Waals surface area contributed by atoms with Gasteiger partial charge < -0.3 is 14.8 Å². The Hall–Kier alpha value is -0.570. The van der Waals surface area contributed by atoms with Crippen molar-refractivity contribution in [1.82, 2.24) is 4.98 Å². The van der Waals surface area contributed by atoms with Gasteiger partial charge in [0.05, 0.1) is 5.30 Å². The average Bonchev–Trinajstić information content (AvgIpc) is 2.11. The van der Waals surface area contributed by atoms with Gasteiger partial charge in [-0.15, -0.1) is 0 Å². The molecule has 56 valence electrons. The maximum Gasteiger partial charge on any atom is 0.358 e. The van der Waals surface area contributed by atoms with Crippen molar-refractivity contribution in [2.45, 2.75) is 6.92 Å². The monoisotopic (exact) mass is 161 g/mol. The van der Waals surface area contributed by atoms with Crippen LogP contribution >= 0.6 is 7.60 Å². The molecule has 0 aliphatic carbocycles. The first kappa shape index (κ1) is 7.54. The third-order valence-corrected chi connectivity index (χ3v) is 2.35. The van der Waals surface area contributed by atoms with Gasteiger partial charge in [-0.2, -0.15) is 0 Å². The summed E-state index contributed by atoms with van der Waals surface area (Å²) in [6, 6.07) is 1.39. The van der Waals surface area contributed by atoms with Crippen LogP contribution in [0.5, 0.6) is 0 Å². The molecule has 0 bridgehead atoms. The van der Waals surface area contributed by atoms with Crippen molar-refractivity contribution in [2.24, 2.45) is 0 Å². The summed E-state index contributed by atoms with van der Waals surface area (Å²) in [6.07, 6.45) is 1.50. The van der Waals surface area contributed by atoms with E-state index in [0.29, 0.717) is 5.69 Å². The van der Waals surface area contributed by atoms with Gasteiger partial charge in [-0.3, -0.25) is 4.57 Å². The number of nitrogens with one attached hydrogen (secondary N) is 1. The van der Waals surface area contributed by atoms with Gasteiger partial charge in [-0.05, 0) is 13.0 Å². The summed E-state index contributed by atoms with van der Waals surface area (Å²) in [6.45, 7) is 1.62. The zero-order valence-corrected chi connectivity index (χ0v) is 6.30. The minimum atomic E-state index is -4.04. The molecule has 0 spiro atoms. The minimum Gasteiger partial charge on any atom is -0.364 e. The molecule has 5 heteroatoms. The molecule has 0 aliphatic heterocycles. The number of aromatic amines is 1. The Kier molecular flexibility index (Phi) is 1.68. The molecule has 0 aromatic carbocycles. The predicted molar refractivity (Wildman–Crippen MR) is 37.2 cm³/mol. The molecular formula is C5H8NO3P. The standard InChI is InChI=1S/C5H8NO3P/c1-4-5(2-3-6-4)10(7,8)9/h2-3,6H,1H3,(H2,7,8,9). The number of aryl methyl sites for hydroxylation is 1. The van der Waals surface area contributed by atoms with Crippen LogP contribution in [0, 0.1) is 6.92 Å². The molecule has 0 saturated heterocycles. The zero-order valence-electron chi connectivity index (χ0n) is 5.40. The first-order valence-corrected chi connectivity index (χ1v) is 4.33. The van der Waals surface area contributed by atoms with Crippen molar-refractivity contribution in [2.75, 3.05) is 0 Å². The second-order valence-corrected chi connectivity index (χ2v) is 3.60. The Bertz CT molecular complexity index is 274. The molecule has 0 radical (unpaired) electrons. The summed E-state index contributed by atoms with van der Waals surface area (Å²) in [7, 11) is -4.04. The SMILES string of the molecule is Cc1[nH]ccc1P(=O)(O)O. The molecule has 10 heavy (non-hydrogen) atoms. The van der Waals surface area contributed by atoms with E-state index in [1.54, 1.807) is 6.92 Å². The summed E-state index contributed by atoms with van der Waals surface area (Å²) < 4.78 is 10.6. The van der Waals surface area contributed by atoms with Crippen molar-refractivity contribution in [1.29, 1.82) is 0 Å². The number of hydrogen-bond donors (Lipinski definition) is 3. The lowest BCUT2D eigenvalue weighted by molar-refractivity contribution is 0.387. The number of aromatic nitrogens is 1. The molecule has 0 saturated carbocycles. The molecular weight excluding hydrogens is 153 g/mol. The molecule has 3 N–H and O–H groups in total. The van der Waals surface area contributed by atoms with E-state index in [1.807, 2.05) is 0 Å². The Morgan fingerprint density at radius 1 is 1.60 bits per heavy atom. The van der Waals surface area contributed by atoms with Gasteiger partial charge in [0, 0.05) is 11.9 Å². The summed E-state index contributed by atoms with van der Waals surface area (Å²) >= 11 is 0. The van der Waals surface area contributed by atoms with E-state index in [9.17, 15) is 4.57 Å². The molecule has 0 atom stereocenters. The van der Waals surface area contributed by atoms with Gasteiger partial charge in [0.2, 0.25) is 0 Å². The Morgan fingerprint density at radius 2 is 2.20 bits per heavy atom. The average molecular weight is 161 g/mol. The molecule has 0 unspecified atom stereocenters. The fraction of sp³-hybridized carbons (Fsp3) is 0.200. The van der Waals surface area contributed by atoms with Crippen LogP contribution in [0.2, 0.25) is 0 Å². The quantitative estimate of drug-likeness (QED) is 0.512. The highest BCUT2D eigenvalue weighted by atomic mass is 31.2. The van der Waals surface area contributed by atoms with E-state index in [4.69, 9.17) is 9.79 Å². The third-order valence-electron chi connectivity index (χ3n) is 1.24. The molecule has 1 aromatic rings. The first-order chi connectivity index (χ1) is 4.52. The Morgan fingerprint density at radius 3 is 2.40 bits per heavy atom. The largest absolute Gasteiger partial charge is 0.364 e. The van der Waals surface area contributed by atoms with E-state index in [0.717, 1.165) is 0 Å². The van der Waals surface area contributed by atoms with E-state index in [2.05, 4.69) is 4.98 Å². The fourth-order valence-electron chi connectivity index (χ4n) is 0.760. The smallest absolute Gasteiger partial charge is 0.358 e. The van der Waals surface area contributed by atoms with Crippen LogP contribution < -0.4 is 5.30 Å². The highest BCUT2D eigenvalue weighted by molar-refractivity contribution is 7.60. The zero-order chi connectivity index (χ0) is 7.78. The van der Waals surface area contributed by atoms with Gasteiger partial charge in [0.1, 0.15) is 0 Å². The van der Waals surface area contributed by atoms with Gasteiger partial charge >= 0.3 is 7.60 Å². The molecule has 4 nitrogen and oxygen atoms in total. The van der Waals surface area contributed by atoms with E-state index in [-0.39, 0.29) is 5.30 Å². The topological polar surface area (TPSA) is 73.3 Å². The summed E-state index contributed by atoms with van der Waals surface area (Å²) in [5.41, 5.74) is 0.522. The van der Waals surface area contributed by atoms with Crippen molar-refractivity contribution in [3.8, 4) is 0 Å². The normalized spacial score (nSPS) is 11.9. The first-order valence-electron chi connectivity index (χ1n) is 2.72. The Balaban J connectivity index is 3.18. The maximum atomic E-state index is 10.6. The van der Waals surface area contributed by atoms with Gasteiger partial charge in [0.25, 0.3) is 0 Å². The predicted octanol–water partition coefficient (Wildman–Crippen LogP) is 0.126. The minimum absolute atomic E-state index is 0.0764. The number of hydrogen-bond acceptors (Lipinski definition) is 1. The van der Waals surface area contributed by atoms with Gasteiger partial charge in [-0.1, -0.05) is 0 Å². The lowest BCUT2D eigenvalue weighted by atomic mass is 10.5. The van der Waals surface area contributed by atoms with E-state index >= 15 is 0 Å². The van der Waals surface area contributed by atoms with Crippen LogP contribution in [0.25, 0.3) is 0 Å². The van der Waals surface area contributed by atoms with Crippen LogP contribution in [-0.4, -0.2) is 14.8 Å². The summed E-state index contributed by atoms with van der Waals surface area (Å²) in [4.78, 5) is 20.0. The lowest BCUT2D eigenvalue weighted by Crippen LogP contribution is -2.03. The summed E-state index contributed by atoms with van der Waals surface area (Å²) in [5, 5.41) is 0.0764. The maximum absolute atomic E-state index is 10.6. The van der Waals surface area contributed by atoms with Crippen molar-refractivity contribution in [3.63, 3.8) is 0 Å². The molecule has 1 aromatic heterocycles. The highest BCUT2D eigenvalue weighted by Crippen LogP contribution is 2.33. The van der Waals surface area contributed by atoms with Crippen LogP contribution in [0.15, 0.2) is 12.3 Å². The van der Waals surface area contributed by atoms with Crippen LogP contribution in [-0.2, 0) is 4.57 Å². The molecule has 1 heterocycles. The fourth-order valence-corrected chi connectivity index (χ4v) is 1.53. The van der Waals surface area contributed by atoms with E-state index in [1.165, 1.54) is 12.3 Å². The lowest BCUT2D eigenvalue weighted by Gasteiger charge is -2.00. The van der Waals surface area contributed by atoms with E-state index < -0.39 is 7.60 Å². The number of H-pyrrole nitrogens is 1. The molecule has 0 aliphatic rings. The van der Waals surface area contributed by atoms with Crippen molar-refractivity contribution < 1.29 is 14.4 Å². The summed E-state index contributed by atoms with van der Waals surface area (Å²) in [5.74, 6) is 0. The molecule has 0 fully saturated rings. The Labute approximate surface area is 58.1 Å². The third kappa shape index (κ3) is 1.29. The van der Waals surface area contributed by atoms with Crippen LogP contribution in [0.1, 0.15) is 5.69 Å². The van der Waals surface area contributed by atoms with Gasteiger partial charge in [-0.25, -0.2) is 0 Å². The number of rotatable bonds is 1. The van der Waals surface area contributed by atoms with Gasteiger partial charge in [0.15, 0.2) is 0 Å². The van der Waals surface area contributed by atoms with Crippen LogP contribution in [0.3, 0.4) is 0 Å². The molecule has 1 rings (SSSR count). The second-order valence-electron chi connectivity index (χ2n) is 2.03.